The number of imide groups is 1. The lowest BCUT2D eigenvalue weighted by molar-refractivity contribution is -0.139. The van der Waals surface area contributed by atoms with Crippen molar-refractivity contribution in [2.75, 3.05) is 13.1 Å². The molecule has 68 valence electrons. The van der Waals surface area contributed by atoms with Gasteiger partial charge in [-0.15, -0.1) is 0 Å². The summed E-state index contributed by atoms with van der Waals surface area (Å²) in [5, 5.41) is 0. The Morgan fingerprint density at radius 2 is 2.25 bits per heavy atom. The third kappa shape index (κ3) is 1.64. The van der Waals surface area contributed by atoms with E-state index in [-0.39, 0.29) is 17.7 Å². The van der Waals surface area contributed by atoms with Gasteiger partial charge in [0.25, 0.3) is 0 Å². The van der Waals surface area contributed by atoms with E-state index in [0.717, 1.165) is 0 Å². The Bertz CT molecular complexity index is 203. The van der Waals surface area contributed by atoms with Gasteiger partial charge in [-0.2, -0.15) is 0 Å². The van der Waals surface area contributed by atoms with E-state index in [1.165, 1.54) is 4.90 Å². The van der Waals surface area contributed by atoms with Crippen molar-refractivity contribution in [3.63, 3.8) is 0 Å². The maximum Gasteiger partial charge on any atom is 0.232 e. The first kappa shape index (κ1) is 9.19. The molecule has 0 bridgehead atoms. The summed E-state index contributed by atoms with van der Waals surface area (Å²) in [5.74, 6) is -0.232. The van der Waals surface area contributed by atoms with Gasteiger partial charge in [-0.25, -0.2) is 0 Å². The number of nitrogens with two attached hydrogens (primary N) is 1. The standard InChI is InChI=1S/C8H14N2O2/c1-6-5-7(11)10(8(6)12)4-2-3-9/h6H,2-5,9H2,1H3. The van der Waals surface area contributed by atoms with E-state index >= 15 is 0 Å². The van der Waals surface area contributed by atoms with Gasteiger partial charge in [0.05, 0.1) is 0 Å². The third-order valence-corrected chi connectivity index (χ3v) is 2.06. The van der Waals surface area contributed by atoms with E-state index in [2.05, 4.69) is 0 Å². The second kappa shape index (κ2) is 3.67. The van der Waals surface area contributed by atoms with E-state index in [0.29, 0.717) is 25.9 Å². The van der Waals surface area contributed by atoms with E-state index in [1.807, 2.05) is 0 Å². The molecule has 0 aromatic rings. The Morgan fingerprint density at radius 1 is 1.58 bits per heavy atom. The quantitative estimate of drug-likeness (QED) is 0.593. The van der Waals surface area contributed by atoms with Crippen LogP contribution in [0.25, 0.3) is 0 Å². The number of likely N-dealkylation sites (tertiary alicyclic amines) is 1. The van der Waals surface area contributed by atoms with Crippen molar-refractivity contribution < 1.29 is 9.59 Å². The Balaban J connectivity index is 2.52. The van der Waals surface area contributed by atoms with Crippen molar-refractivity contribution in [2.24, 2.45) is 11.7 Å². The molecule has 0 spiro atoms. The first-order valence-electron chi connectivity index (χ1n) is 4.21. The summed E-state index contributed by atoms with van der Waals surface area (Å²) in [6.45, 7) is 2.78. The van der Waals surface area contributed by atoms with E-state index in [9.17, 15) is 9.59 Å². The van der Waals surface area contributed by atoms with Crippen LogP contribution >= 0.6 is 0 Å². The van der Waals surface area contributed by atoms with Gasteiger partial charge in [0.2, 0.25) is 11.8 Å². The number of nitrogens with zero attached hydrogens (tertiary/aromatic N) is 1. The summed E-state index contributed by atoms with van der Waals surface area (Å²) < 4.78 is 0. The van der Waals surface area contributed by atoms with Gasteiger partial charge in [0.1, 0.15) is 0 Å². The Hall–Kier alpha value is -0.900. The molecular weight excluding hydrogens is 156 g/mol. The fraction of sp³-hybridized carbons (Fsp3) is 0.750. The van der Waals surface area contributed by atoms with Crippen molar-refractivity contribution in [1.29, 1.82) is 0 Å². The lowest BCUT2D eigenvalue weighted by atomic mass is 10.1. The number of rotatable bonds is 3. The number of amides is 2. The molecule has 0 aromatic carbocycles. The molecular formula is C8H14N2O2. The largest absolute Gasteiger partial charge is 0.330 e. The molecule has 0 saturated carbocycles. The van der Waals surface area contributed by atoms with Crippen molar-refractivity contribution in [3.8, 4) is 0 Å². The van der Waals surface area contributed by atoms with E-state index in [1.54, 1.807) is 6.92 Å². The molecule has 1 aliphatic rings. The van der Waals surface area contributed by atoms with Crippen molar-refractivity contribution in [3.05, 3.63) is 0 Å². The zero-order chi connectivity index (χ0) is 9.14. The molecule has 2 N–H and O–H groups in total. The van der Waals surface area contributed by atoms with Crippen LogP contribution in [0.1, 0.15) is 19.8 Å². The topological polar surface area (TPSA) is 63.4 Å². The Kier molecular flexibility index (Phi) is 2.81. The maximum atomic E-state index is 11.3. The van der Waals surface area contributed by atoms with Crippen LogP contribution < -0.4 is 5.73 Å². The van der Waals surface area contributed by atoms with E-state index < -0.39 is 0 Å². The van der Waals surface area contributed by atoms with Crippen LogP contribution in [0.15, 0.2) is 0 Å². The molecule has 1 atom stereocenters. The molecule has 1 fully saturated rings. The lowest BCUT2D eigenvalue weighted by Gasteiger charge is -2.12. The second-order valence-electron chi connectivity index (χ2n) is 3.13. The predicted octanol–water partition coefficient (Wildman–Crippen LogP) is -0.270. The minimum absolute atomic E-state index is 0.0477. The average Bonchev–Trinajstić information content (AvgIpc) is 2.25. The van der Waals surface area contributed by atoms with E-state index in [4.69, 9.17) is 5.73 Å². The molecule has 4 nitrogen and oxygen atoms in total. The van der Waals surface area contributed by atoms with Gasteiger partial charge in [-0.3, -0.25) is 14.5 Å². The van der Waals surface area contributed by atoms with Gasteiger partial charge in [-0.1, -0.05) is 6.92 Å². The SMILES string of the molecule is CC1CC(=O)N(CCCN)C1=O. The van der Waals surface area contributed by atoms with Gasteiger partial charge in [0.15, 0.2) is 0 Å². The van der Waals surface area contributed by atoms with Crippen LogP contribution in [0.2, 0.25) is 0 Å². The van der Waals surface area contributed by atoms with Crippen LogP contribution in [0.5, 0.6) is 0 Å². The van der Waals surface area contributed by atoms with Crippen LogP contribution in [0.3, 0.4) is 0 Å². The smallest absolute Gasteiger partial charge is 0.232 e. The second-order valence-corrected chi connectivity index (χ2v) is 3.13. The van der Waals surface area contributed by atoms with Gasteiger partial charge < -0.3 is 5.73 Å². The minimum Gasteiger partial charge on any atom is -0.330 e. The van der Waals surface area contributed by atoms with Crippen molar-refractivity contribution >= 4 is 11.8 Å². The third-order valence-electron chi connectivity index (χ3n) is 2.06. The minimum atomic E-state index is -0.129. The van der Waals surface area contributed by atoms with Crippen LogP contribution in [-0.2, 0) is 9.59 Å². The van der Waals surface area contributed by atoms with Crippen LogP contribution in [0, 0.1) is 5.92 Å². The number of carbonyl (C=O) groups is 2. The first-order chi connectivity index (χ1) is 5.66. The molecule has 0 aliphatic carbocycles. The highest BCUT2D eigenvalue weighted by atomic mass is 16.2. The van der Waals surface area contributed by atoms with Gasteiger partial charge in [0, 0.05) is 18.9 Å². The molecule has 1 unspecified atom stereocenters. The summed E-state index contributed by atoms with van der Waals surface area (Å²) >= 11 is 0. The highest BCUT2D eigenvalue weighted by Crippen LogP contribution is 2.18. The van der Waals surface area contributed by atoms with Crippen molar-refractivity contribution in [1.82, 2.24) is 4.90 Å². The Labute approximate surface area is 71.7 Å². The highest BCUT2D eigenvalue weighted by molar-refractivity contribution is 6.03. The molecule has 1 heterocycles. The summed E-state index contributed by atoms with van der Waals surface area (Å²) in [6.07, 6.45) is 1.06. The zero-order valence-electron chi connectivity index (χ0n) is 7.25. The number of hydrogen-bond acceptors (Lipinski definition) is 3. The summed E-state index contributed by atoms with van der Waals surface area (Å²) in [5.41, 5.74) is 5.28. The summed E-state index contributed by atoms with van der Waals surface area (Å²) in [6, 6.07) is 0. The molecule has 0 radical (unpaired) electrons. The number of carbonyl (C=O) groups excluding carboxylic acids is 2. The molecule has 2 amide bonds. The maximum absolute atomic E-state index is 11.3. The fourth-order valence-electron chi connectivity index (χ4n) is 1.33. The Morgan fingerprint density at radius 3 is 2.67 bits per heavy atom. The van der Waals surface area contributed by atoms with Gasteiger partial charge in [-0.05, 0) is 13.0 Å². The molecule has 0 aromatic heterocycles. The fourth-order valence-corrected chi connectivity index (χ4v) is 1.33. The summed E-state index contributed by atoms with van der Waals surface area (Å²) in [7, 11) is 0. The first-order valence-corrected chi connectivity index (χ1v) is 4.21. The van der Waals surface area contributed by atoms with Gasteiger partial charge >= 0.3 is 0 Å². The highest BCUT2D eigenvalue weighted by Gasteiger charge is 2.34. The van der Waals surface area contributed by atoms with Crippen LogP contribution in [-0.4, -0.2) is 29.8 Å². The zero-order valence-corrected chi connectivity index (χ0v) is 7.25. The predicted molar refractivity (Wildman–Crippen MR) is 44.2 cm³/mol. The lowest BCUT2D eigenvalue weighted by Crippen LogP contribution is -2.32. The van der Waals surface area contributed by atoms with Crippen molar-refractivity contribution in [2.45, 2.75) is 19.8 Å². The molecule has 1 saturated heterocycles. The average molecular weight is 170 g/mol. The summed E-state index contributed by atoms with van der Waals surface area (Å²) in [4.78, 5) is 23.8. The number of hydrogen-bond donors (Lipinski definition) is 1. The normalized spacial score (nSPS) is 23.8. The molecule has 4 heteroatoms. The monoisotopic (exact) mass is 170 g/mol. The van der Waals surface area contributed by atoms with Crippen LogP contribution in [0.4, 0.5) is 0 Å². The molecule has 1 rings (SSSR count). The molecule has 1 aliphatic heterocycles. The molecule has 12 heavy (non-hydrogen) atoms.